The van der Waals surface area contributed by atoms with Gasteiger partial charge in [0.1, 0.15) is 12.3 Å². The number of esters is 1. The molecular formula is C19H26N2O5. The van der Waals surface area contributed by atoms with E-state index in [4.69, 9.17) is 9.47 Å². The maximum Gasteiger partial charge on any atom is 0.326 e. The first-order chi connectivity index (χ1) is 12.2. The largest absolute Gasteiger partial charge is 0.482 e. The van der Waals surface area contributed by atoms with Crippen molar-refractivity contribution in [2.75, 3.05) is 18.1 Å². The molecule has 1 aliphatic heterocycles. The summed E-state index contributed by atoms with van der Waals surface area (Å²) in [6, 6.07) is 6.99. The van der Waals surface area contributed by atoms with Crippen LogP contribution in [0.1, 0.15) is 40.5 Å². The molecule has 7 heteroatoms. The Kier molecular flexibility index (Phi) is 6.23. The smallest absolute Gasteiger partial charge is 0.326 e. The predicted molar refractivity (Wildman–Crippen MR) is 97.0 cm³/mol. The van der Waals surface area contributed by atoms with Crippen LogP contribution in [-0.4, -0.2) is 42.6 Å². The molecule has 142 valence electrons. The molecule has 0 saturated heterocycles. The monoisotopic (exact) mass is 362 g/mol. The molecule has 0 aromatic heterocycles. The van der Waals surface area contributed by atoms with E-state index in [1.54, 1.807) is 24.3 Å². The molecular weight excluding hydrogens is 336 g/mol. The highest BCUT2D eigenvalue weighted by atomic mass is 16.5. The van der Waals surface area contributed by atoms with Crippen molar-refractivity contribution < 1.29 is 23.9 Å². The molecule has 0 radical (unpaired) electrons. The van der Waals surface area contributed by atoms with Crippen LogP contribution in [0.5, 0.6) is 5.75 Å². The maximum atomic E-state index is 12.4. The van der Waals surface area contributed by atoms with Gasteiger partial charge in [-0.3, -0.25) is 19.3 Å². The molecule has 26 heavy (non-hydrogen) atoms. The Morgan fingerprint density at radius 1 is 1.31 bits per heavy atom. The molecule has 1 unspecified atom stereocenters. The minimum absolute atomic E-state index is 0.132. The third-order valence-corrected chi connectivity index (χ3v) is 3.71. The fraction of sp³-hybridized carbons (Fsp3) is 0.526. The van der Waals surface area contributed by atoms with Gasteiger partial charge in [0.2, 0.25) is 0 Å². The Morgan fingerprint density at radius 2 is 2.00 bits per heavy atom. The number of nitrogens with zero attached hydrogens (tertiary/aromatic N) is 1. The van der Waals surface area contributed by atoms with Gasteiger partial charge in [-0.05, 0) is 39.3 Å². The first kappa shape index (κ1) is 19.8. The van der Waals surface area contributed by atoms with E-state index in [0.717, 1.165) is 0 Å². The quantitative estimate of drug-likeness (QED) is 0.783. The van der Waals surface area contributed by atoms with E-state index in [1.807, 2.05) is 27.7 Å². The molecule has 0 spiro atoms. The lowest BCUT2D eigenvalue weighted by Crippen LogP contribution is -2.48. The summed E-state index contributed by atoms with van der Waals surface area (Å²) in [4.78, 5) is 38.2. The molecule has 1 N–H and O–H groups in total. The van der Waals surface area contributed by atoms with Gasteiger partial charge in [0.25, 0.3) is 11.8 Å². The lowest BCUT2D eigenvalue weighted by molar-refractivity contribution is -0.156. The zero-order chi connectivity index (χ0) is 19.3. The van der Waals surface area contributed by atoms with Gasteiger partial charge >= 0.3 is 5.97 Å². The van der Waals surface area contributed by atoms with E-state index in [-0.39, 0.29) is 25.0 Å². The molecule has 1 aliphatic rings. The van der Waals surface area contributed by atoms with E-state index in [9.17, 15) is 14.4 Å². The molecule has 7 nitrogen and oxygen atoms in total. The lowest BCUT2D eigenvalue weighted by atomic mass is 10.1. The molecule has 1 aromatic rings. The van der Waals surface area contributed by atoms with Crippen molar-refractivity contribution in [3.63, 3.8) is 0 Å². The van der Waals surface area contributed by atoms with Crippen molar-refractivity contribution in [1.29, 1.82) is 0 Å². The van der Waals surface area contributed by atoms with Crippen molar-refractivity contribution in [2.24, 2.45) is 0 Å². The number of rotatable bonds is 6. The van der Waals surface area contributed by atoms with Crippen molar-refractivity contribution in [3.8, 4) is 5.75 Å². The second kappa shape index (κ2) is 8.21. The number of nitrogens with one attached hydrogen (secondary N) is 1. The Hall–Kier alpha value is -2.57. The number of hydrogen-bond acceptors (Lipinski definition) is 5. The van der Waals surface area contributed by atoms with Gasteiger partial charge in [0.15, 0.2) is 12.7 Å². The van der Waals surface area contributed by atoms with E-state index < -0.39 is 17.6 Å². The average Bonchev–Trinajstić information content (AvgIpc) is 2.55. The highest BCUT2D eigenvalue weighted by molar-refractivity contribution is 6.01. The van der Waals surface area contributed by atoms with Crippen LogP contribution in [0, 0.1) is 0 Å². The summed E-state index contributed by atoms with van der Waals surface area (Å²) >= 11 is 0. The number of anilines is 1. The standard InChI is InChI=1S/C19H26N2O5/c1-5-8-15(18(24)20-19(2,3)4)26-17(23)11-21-13-9-6-7-10-14(13)25-12-16(21)22/h6-7,9-10,15H,5,8,11-12H2,1-4H3,(H,20,24). The summed E-state index contributed by atoms with van der Waals surface area (Å²) in [7, 11) is 0. The van der Waals surface area contributed by atoms with Crippen LogP contribution in [0.25, 0.3) is 0 Å². The van der Waals surface area contributed by atoms with E-state index in [2.05, 4.69) is 5.32 Å². The number of ether oxygens (including phenoxy) is 2. The second-order valence-electron chi connectivity index (χ2n) is 7.24. The van der Waals surface area contributed by atoms with E-state index >= 15 is 0 Å². The molecule has 1 atom stereocenters. The van der Waals surface area contributed by atoms with Gasteiger partial charge in [0.05, 0.1) is 5.69 Å². The topological polar surface area (TPSA) is 84.9 Å². The number of amides is 2. The minimum Gasteiger partial charge on any atom is -0.482 e. The molecule has 0 fully saturated rings. The van der Waals surface area contributed by atoms with Gasteiger partial charge in [-0.15, -0.1) is 0 Å². The van der Waals surface area contributed by atoms with Gasteiger partial charge in [-0.2, -0.15) is 0 Å². The lowest BCUT2D eigenvalue weighted by Gasteiger charge is -2.29. The van der Waals surface area contributed by atoms with Crippen LogP contribution in [-0.2, 0) is 19.1 Å². The zero-order valence-electron chi connectivity index (χ0n) is 15.7. The Bertz CT molecular complexity index is 681. The van der Waals surface area contributed by atoms with Gasteiger partial charge in [0, 0.05) is 5.54 Å². The van der Waals surface area contributed by atoms with Gasteiger partial charge < -0.3 is 14.8 Å². The van der Waals surface area contributed by atoms with Crippen LogP contribution >= 0.6 is 0 Å². The summed E-state index contributed by atoms with van der Waals surface area (Å²) in [5.41, 5.74) is 0.0982. The van der Waals surface area contributed by atoms with Crippen LogP contribution in [0.4, 0.5) is 5.69 Å². The fourth-order valence-electron chi connectivity index (χ4n) is 2.61. The summed E-state index contributed by atoms with van der Waals surface area (Å²) in [5, 5.41) is 2.82. The normalized spacial score (nSPS) is 14.9. The van der Waals surface area contributed by atoms with Gasteiger partial charge in [-0.1, -0.05) is 25.5 Å². The molecule has 0 aliphatic carbocycles. The van der Waals surface area contributed by atoms with Crippen LogP contribution in [0.3, 0.4) is 0 Å². The van der Waals surface area contributed by atoms with Crippen molar-refractivity contribution in [3.05, 3.63) is 24.3 Å². The number of carbonyl (C=O) groups excluding carboxylic acids is 3. The third kappa shape index (κ3) is 5.21. The van der Waals surface area contributed by atoms with Crippen molar-refractivity contribution in [2.45, 2.75) is 52.2 Å². The van der Waals surface area contributed by atoms with Gasteiger partial charge in [-0.25, -0.2) is 0 Å². The molecule has 2 rings (SSSR count). The summed E-state index contributed by atoms with van der Waals surface area (Å²) in [5.74, 6) is -0.749. The Balaban J connectivity index is 2.06. The third-order valence-electron chi connectivity index (χ3n) is 3.71. The first-order valence-corrected chi connectivity index (χ1v) is 8.75. The maximum absolute atomic E-state index is 12.4. The predicted octanol–water partition coefficient (Wildman–Crippen LogP) is 2.04. The average molecular weight is 362 g/mol. The SMILES string of the molecule is CCCC(OC(=O)CN1C(=O)COc2ccccc21)C(=O)NC(C)(C)C. The second-order valence-corrected chi connectivity index (χ2v) is 7.24. The molecule has 2 amide bonds. The van der Waals surface area contributed by atoms with Crippen LogP contribution in [0.2, 0.25) is 0 Å². The Morgan fingerprint density at radius 3 is 2.65 bits per heavy atom. The summed E-state index contributed by atoms with van der Waals surface area (Å²) < 4.78 is 10.7. The summed E-state index contributed by atoms with van der Waals surface area (Å²) in [6.07, 6.45) is 0.231. The first-order valence-electron chi connectivity index (χ1n) is 8.75. The minimum atomic E-state index is -0.877. The highest BCUT2D eigenvalue weighted by Gasteiger charge is 2.30. The molecule has 0 bridgehead atoms. The van der Waals surface area contributed by atoms with Crippen molar-refractivity contribution >= 4 is 23.5 Å². The highest BCUT2D eigenvalue weighted by Crippen LogP contribution is 2.31. The number of carbonyl (C=O) groups is 3. The molecule has 0 saturated carbocycles. The molecule has 1 heterocycles. The Labute approximate surface area is 153 Å². The zero-order valence-corrected chi connectivity index (χ0v) is 15.7. The number of para-hydroxylation sites is 2. The van der Waals surface area contributed by atoms with E-state index in [1.165, 1.54) is 4.90 Å². The van der Waals surface area contributed by atoms with Crippen molar-refractivity contribution in [1.82, 2.24) is 5.32 Å². The number of fused-ring (bicyclic) bond motifs is 1. The van der Waals surface area contributed by atoms with Crippen LogP contribution in [0.15, 0.2) is 24.3 Å². The summed E-state index contributed by atoms with van der Waals surface area (Å²) in [6.45, 7) is 7.10. The fourth-order valence-corrected chi connectivity index (χ4v) is 2.61. The van der Waals surface area contributed by atoms with Crippen LogP contribution < -0.4 is 15.0 Å². The van der Waals surface area contributed by atoms with E-state index in [0.29, 0.717) is 24.3 Å². The number of hydrogen-bond donors (Lipinski definition) is 1. The molecule has 1 aromatic carbocycles. The number of benzene rings is 1.